The van der Waals surface area contributed by atoms with E-state index in [0.717, 1.165) is 5.69 Å². The van der Waals surface area contributed by atoms with Crippen LogP contribution in [0.25, 0.3) is 0 Å². The van der Waals surface area contributed by atoms with Gasteiger partial charge in [-0.2, -0.15) is 0 Å². The minimum Gasteiger partial charge on any atom is -0.460 e. The number of esters is 1. The van der Waals surface area contributed by atoms with E-state index < -0.39 is 5.97 Å². The molecule has 0 aliphatic rings. The van der Waals surface area contributed by atoms with E-state index in [4.69, 9.17) is 20.9 Å². The first-order valence-corrected chi connectivity index (χ1v) is 6.57. The topological polar surface area (TPSA) is 55.6 Å². The number of nitrogens with zero attached hydrogens (tertiary/aromatic N) is 2. The van der Waals surface area contributed by atoms with Crippen molar-refractivity contribution in [1.82, 2.24) is 5.16 Å². The monoisotopic (exact) mass is 294 g/mol. The molecule has 0 unspecified atom stereocenters. The maximum atomic E-state index is 11.5. The summed E-state index contributed by atoms with van der Waals surface area (Å²) in [4.78, 5) is 13.4. The molecule has 0 aliphatic carbocycles. The predicted octanol–water partition coefficient (Wildman–Crippen LogP) is 3.14. The van der Waals surface area contributed by atoms with E-state index in [0.29, 0.717) is 23.9 Å². The Morgan fingerprint density at radius 2 is 2.25 bits per heavy atom. The highest BCUT2D eigenvalue weighted by Crippen LogP contribution is 2.20. The lowest BCUT2D eigenvalue weighted by molar-refractivity contribution is 0.0479. The van der Waals surface area contributed by atoms with Gasteiger partial charge in [0.2, 0.25) is 5.76 Å². The standard InChI is InChI=1S/C14H15ClN2O3/c1-3-19-14(18)13-8-11(16-20-13)9-17(2)12-6-4-5-10(15)7-12/h4-8H,3,9H2,1-2H3. The van der Waals surface area contributed by atoms with Crippen molar-refractivity contribution in [3.05, 3.63) is 46.8 Å². The number of hydrogen-bond donors (Lipinski definition) is 0. The second-order valence-corrected chi connectivity index (χ2v) is 4.68. The molecular weight excluding hydrogens is 280 g/mol. The van der Waals surface area contributed by atoms with E-state index in [1.165, 1.54) is 0 Å². The van der Waals surface area contributed by atoms with Crippen molar-refractivity contribution in [1.29, 1.82) is 0 Å². The molecule has 1 aromatic heterocycles. The highest BCUT2D eigenvalue weighted by atomic mass is 35.5. The molecule has 0 N–H and O–H groups in total. The largest absolute Gasteiger partial charge is 0.460 e. The summed E-state index contributed by atoms with van der Waals surface area (Å²) in [6.07, 6.45) is 0. The highest BCUT2D eigenvalue weighted by Gasteiger charge is 2.15. The highest BCUT2D eigenvalue weighted by molar-refractivity contribution is 6.30. The predicted molar refractivity (Wildman–Crippen MR) is 76.0 cm³/mol. The van der Waals surface area contributed by atoms with Crippen LogP contribution in [0.2, 0.25) is 5.02 Å². The summed E-state index contributed by atoms with van der Waals surface area (Å²) in [6, 6.07) is 9.07. The third-order valence-electron chi connectivity index (χ3n) is 2.68. The van der Waals surface area contributed by atoms with Crippen LogP contribution in [0.1, 0.15) is 23.2 Å². The molecule has 0 bridgehead atoms. The molecule has 2 rings (SSSR count). The Labute approximate surface area is 122 Å². The van der Waals surface area contributed by atoms with E-state index in [1.807, 2.05) is 36.2 Å². The lowest BCUT2D eigenvalue weighted by Gasteiger charge is -2.17. The molecule has 0 fully saturated rings. The summed E-state index contributed by atoms with van der Waals surface area (Å²) in [5.74, 6) is -0.391. The smallest absolute Gasteiger partial charge is 0.377 e. The SMILES string of the molecule is CCOC(=O)c1cc(CN(C)c2cccc(Cl)c2)no1. The fraction of sp³-hybridized carbons (Fsp3) is 0.286. The third-order valence-corrected chi connectivity index (χ3v) is 2.92. The summed E-state index contributed by atoms with van der Waals surface area (Å²) in [7, 11) is 1.91. The van der Waals surface area contributed by atoms with E-state index in [-0.39, 0.29) is 5.76 Å². The lowest BCUT2D eigenvalue weighted by Crippen LogP contribution is -2.16. The van der Waals surface area contributed by atoms with Crippen molar-refractivity contribution in [2.24, 2.45) is 0 Å². The number of ether oxygens (including phenoxy) is 1. The van der Waals surface area contributed by atoms with Gasteiger partial charge in [0.25, 0.3) is 0 Å². The molecule has 106 valence electrons. The normalized spacial score (nSPS) is 10.3. The van der Waals surface area contributed by atoms with Crippen molar-refractivity contribution in [2.75, 3.05) is 18.6 Å². The van der Waals surface area contributed by atoms with Crippen LogP contribution >= 0.6 is 11.6 Å². The van der Waals surface area contributed by atoms with Crippen LogP contribution < -0.4 is 4.90 Å². The number of hydrogen-bond acceptors (Lipinski definition) is 5. The summed E-state index contributed by atoms with van der Waals surface area (Å²) in [6.45, 7) is 2.54. The average Bonchev–Trinajstić information content (AvgIpc) is 2.87. The molecular formula is C14H15ClN2O3. The maximum Gasteiger partial charge on any atom is 0.377 e. The molecule has 1 aromatic carbocycles. The summed E-state index contributed by atoms with van der Waals surface area (Å²) >= 11 is 5.95. The first-order chi connectivity index (χ1) is 9.60. The van der Waals surface area contributed by atoms with Gasteiger partial charge in [-0.15, -0.1) is 0 Å². The van der Waals surface area contributed by atoms with Gasteiger partial charge in [0.15, 0.2) is 0 Å². The molecule has 5 nitrogen and oxygen atoms in total. The van der Waals surface area contributed by atoms with Gasteiger partial charge in [0.05, 0.1) is 13.2 Å². The number of anilines is 1. The van der Waals surface area contributed by atoms with Crippen molar-refractivity contribution < 1.29 is 14.1 Å². The van der Waals surface area contributed by atoms with Gasteiger partial charge < -0.3 is 14.2 Å². The van der Waals surface area contributed by atoms with E-state index >= 15 is 0 Å². The van der Waals surface area contributed by atoms with Crippen LogP contribution in [0.15, 0.2) is 34.9 Å². The maximum absolute atomic E-state index is 11.5. The quantitative estimate of drug-likeness (QED) is 0.793. The molecule has 2 aromatic rings. The number of aromatic nitrogens is 1. The summed E-state index contributed by atoms with van der Waals surface area (Å²) in [5, 5.41) is 4.53. The van der Waals surface area contributed by atoms with Gasteiger partial charge in [-0.25, -0.2) is 4.79 Å². The fourth-order valence-electron chi connectivity index (χ4n) is 1.73. The van der Waals surface area contributed by atoms with Crippen molar-refractivity contribution >= 4 is 23.3 Å². The van der Waals surface area contributed by atoms with Gasteiger partial charge in [0.1, 0.15) is 5.69 Å². The van der Waals surface area contributed by atoms with Gasteiger partial charge in [-0.05, 0) is 25.1 Å². The zero-order valence-corrected chi connectivity index (χ0v) is 12.1. The molecule has 0 aliphatic heterocycles. The number of halogens is 1. The molecule has 0 saturated heterocycles. The number of carbonyl (C=O) groups is 1. The average molecular weight is 295 g/mol. The Morgan fingerprint density at radius 1 is 1.45 bits per heavy atom. The number of carbonyl (C=O) groups excluding carboxylic acids is 1. The number of benzene rings is 1. The van der Waals surface area contributed by atoms with Crippen LogP contribution in [0.4, 0.5) is 5.69 Å². The molecule has 0 spiro atoms. The molecule has 1 heterocycles. The van der Waals surface area contributed by atoms with Crippen molar-refractivity contribution in [2.45, 2.75) is 13.5 Å². The van der Waals surface area contributed by atoms with Crippen molar-refractivity contribution in [3.8, 4) is 0 Å². The van der Waals surface area contributed by atoms with Gasteiger partial charge in [-0.1, -0.05) is 22.8 Å². The van der Waals surface area contributed by atoms with Gasteiger partial charge in [-0.3, -0.25) is 0 Å². The number of rotatable bonds is 5. The Balaban J connectivity index is 2.05. The Kier molecular flexibility index (Phi) is 4.63. The van der Waals surface area contributed by atoms with Crippen LogP contribution in [0.3, 0.4) is 0 Å². The Morgan fingerprint density at radius 3 is 2.95 bits per heavy atom. The molecule has 6 heteroatoms. The van der Waals surface area contributed by atoms with Crippen molar-refractivity contribution in [3.63, 3.8) is 0 Å². The van der Waals surface area contributed by atoms with Crippen LogP contribution in [-0.2, 0) is 11.3 Å². The zero-order valence-electron chi connectivity index (χ0n) is 11.3. The Hall–Kier alpha value is -2.01. The molecule has 0 saturated carbocycles. The van der Waals surface area contributed by atoms with Crippen LogP contribution in [0.5, 0.6) is 0 Å². The third kappa shape index (κ3) is 3.51. The zero-order chi connectivity index (χ0) is 14.5. The molecule has 0 radical (unpaired) electrons. The summed E-state index contributed by atoms with van der Waals surface area (Å²) < 4.78 is 9.81. The molecule has 0 atom stereocenters. The first kappa shape index (κ1) is 14.4. The molecule has 20 heavy (non-hydrogen) atoms. The second kappa shape index (κ2) is 6.43. The van der Waals surface area contributed by atoms with Gasteiger partial charge >= 0.3 is 5.97 Å². The minimum atomic E-state index is -0.503. The van der Waals surface area contributed by atoms with Crippen LogP contribution in [-0.4, -0.2) is 24.8 Å². The summed E-state index contributed by atoms with van der Waals surface area (Å²) in [5.41, 5.74) is 1.61. The van der Waals surface area contributed by atoms with Crippen LogP contribution in [0, 0.1) is 0 Å². The van der Waals surface area contributed by atoms with E-state index in [1.54, 1.807) is 13.0 Å². The lowest BCUT2D eigenvalue weighted by atomic mass is 10.2. The van der Waals surface area contributed by atoms with Gasteiger partial charge in [0, 0.05) is 23.8 Å². The first-order valence-electron chi connectivity index (χ1n) is 6.19. The van der Waals surface area contributed by atoms with E-state index in [9.17, 15) is 4.79 Å². The molecule has 0 amide bonds. The Bertz CT molecular complexity index is 598. The fourth-order valence-corrected chi connectivity index (χ4v) is 1.92. The minimum absolute atomic E-state index is 0.112. The second-order valence-electron chi connectivity index (χ2n) is 4.24. The van der Waals surface area contributed by atoms with E-state index in [2.05, 4.69) is 5.16 Å².